The third-order valence-corrected chi connectivity index (χ3v) is 11.4. The molecule has 3 heterocycles. The molecule has 0 saturated carbocycles. The van der Waals surface area contributed by atoms with Crippen molar-refractivity contribution in [3.63, 3.8) is 0 Å². The highest BCUT2D eigenvalue weighted by Crippen LogP contribution is 2.40. The molecule has 0 N–H and O–H groups in total. The highest BCUT2D eigenvalue weighted by atomic mass is 15.0. The number of fused-ring (bicyclic) bond motifs is 11. The van der Waals surface area contributed by atoms with E-state index in [0.29, 0.717) is 18.2 Å². The smallest absolute Gasteiger partial charge is 0.161 e. The second-order valence-electron chi connectivity index (χ2n) is 14.9. The molecule has 0 fully saturated rings. The van der Waals surface area contributed by atoms with E-state index in [9.17, 15) is 0 Å². The van der Waals surface area contributed by atoms with E-state index < -0.39 is 0 Å². The zero-order valence-electron chi connectivity index (χ0n) is 32.2. The van der Waals surface area contributed by atoms with Crippen LogP contribution in [0.1, 0.15) is 16.7 Å². The summed E-state index contributed by atoms with van der Waals surface area (Å²) in [7, 11) is 0. The Bertz CT molecular complexity index is 3480. The Kier molecular flexibility index (Phi) is 8.30. The largest absolute Gasteiger partial charge is 0.309 e. The molecule has 0 spiro atoms. The van der Waals surface area contributed by atoms with Crippen LogP contribution in [0.15, 0.2) is 215 Å². The van der Waals surface area contributed by atoms with Crippen LogP contribution in [0.2, 0.25) is 0 Å². The topological polar surface area (TPSA) is 46.4 Å². The van der Waals surface area contributed by atoms with Crippen molar-refractivity contribution >= 4 is 78.3 Å². The fourth-order valence-corrected chi connectivity index (χ4v) is 8.72. The highest BCUT2D eigenvalue weighted by Gasteiger charge is 2.18. The minimum atomic E-state index is 0.508. The van der Waals surface area contributed by atoms with Gasteiger partial charge in [-0.25, -0.2) is 9.98 Å². The summed E-state index contributed by atoms with van der Waals surface area (Å²) in [5.41, 5.74) is 12.1. The maximum atomic E-state index is 5.02. The van der Waals surface area contributed by atoms with Gasteiger partial charge in [0.1, 0.15) is 0 Å². The molecule has 8 aromatic carbocycles. The standard InChI is InChI=1S/C54H37N5/c1-55-53(57-54(37-18-6-3-7-19-37)56-35-36-16-4-2-5-17-36)41-23-14-21-38(30-41)39-22-15-24-42(31-39)58-49-28-12-10-26-44(49)46-33-47-45(34-52(46)58)43-25-9-13-29-50(43)59-48-27-11-8-20-40(48)32-51(47)59/h2-34H,1,35H2. The van der Waals surface area contributed by atoms with Crippen LogP contribution in [-0.2, 0) is 6.54 Å². The molecule has 0 atom stereocenters. The van der Waals surface area contributed by atoms with Crippen LogP contribution in [0.25, 0.3) is 76.7 Å². The number of hydrogen-bond donors (Lipinski definition) is 0. The van der Waals surface area contributed by atoms with Gasteiger partial charge in [-0.2, -0.15) is 0 Å². The fraction of sp³-hybridized carbons (Fsp3) is 0.0185. The van der Waals surface area contributed by atoms with Crippen LogP contribution < -0.4 is 0 Å². The molecule has 5 nitrogen and oxygen atoms in total. The maximum Gasteiger partial charge on any atom is 0.161 e. The number of para-hydroxylation sites is 3. The number of hydrogen-bond acceptors (Lipinski definition) is 1. The van der Waals surface area contributed by atoms with Crippen molar-refractivity contribution in [1.82, 2.24) is 8.97 Å². The minimum absolute atomic E-state index is 0.508. The summed E-state index contributed by atoms with van der Waals surface area (Å²) in [4.78, 5) is 14.4. The number of nitrogens with zero attached hydrogens (tertiary/aromatic N) is 5. The van der Waals surface area contributed by atoms with Crippen LogP contribution in [0.4, 0.5) is 0 Å². The summed E-state index contributed by atoms with van der Waals surface area (Å²) in [6, 6.07) is 70.8. The SMILES string of the molecule is C=NC(=NC(=NCc1ccccc1)c1ccccc1)c1cccc(-c2cccc(-n3c4ccccc4c4cc5c(cc43)c3ccccc3n3c4ccccc4cc53)c2)c1. The van der Waals surface area contributed by atoms with E-state index in [1.54, 1.807) is 0 Å². The van der Waals surface area contributed by atoms with Crippen molar-refractivity contribution in [3.05, 3.63) is 217 Å². The average molecular weight is 756 g/mol. The maximum absolute atomic E-state index is 5.02. The van der Waals surface area contributed by atoms with Gasteiger partial charge in [0.2, 0.25) is 0 Å². The molecule has 0 unspecified atom stereocenters. The van der Waals surface area contributed by atoms with Gasteiger partial charge in [-0.1, -0.05) is 146 Å². The molecule has 0 aliphatic heterocycles. The monoisotopic (exact) mass is 755 g/mol. The van der Waals surface area contributed by atoms with Crippen LogP contribution in [0.3, 0.4) is 0 Å². The molecule has 0 amide bonds. The highest BCUT2D eigenvalue weighted by molar-refractivity contribution is 6.22. The molecule has 0 aliphatic carbocycles. The van der Waals surface area contributed by atoms with E-state index in [4.69, 9.17) is 9.98 Å². The lowest BCUT2D eigenvalue weighted by molar-refractivity contribution is 1.06. The molecule has 5 heteroatoms. The van der Waals surface area contributed by atoms with Gasteiger partial charge in [0.25, 0.3) is 0 Å². The Labute approximate surface area is 341 Å². The van der Waals surface area contributed by atoms with Crippen molar-refractivity contribution in [2.75, 3.05) is 0 Å². The van der Waals surface area contributed by atoms with Gasteiger partial charge < -0.3 is 8.97 Å². The Hall–Kier alpha value is -7.89. The first-order valence-corrected chi connectivity index (χ1v) is 19.9. The zero-order valence-corrected chi connectivity index (χ0v) is 32.2. The predicted molar refractivity (Wildman–Crippen MR) is 249 cm³/mol. The van der Waals surface area contributed by atoms with E-state index in [0.717, 1.165) is 39.0 Å². The molecule has 59 heavy (non-hydrogen) atoms. The normalized spacial score (nSPS) is 12.4. The minimum Gasteiger partial charge on any atom is -0.309 e. The number of aliphatic imine (C=N–C) groups is 3. The van der Waals surface area contributed by atoms with Gasteiger partial charge in [0, 0.05) is 43.7 Å². The molecule has 11 rings (SSSR count). The first kappa shape index (κ1) is 34.4. The average Bonchev–Trinajstić information content (AvgIpc) is 3.86. The number of amidine groups is 2. The second-order valence-corrected chi connectivity index (χ2v) is 14.9. The number of aromatic nitrogens is 2. The second kappa shape index (κ2) is 14.2. The fourth-order valence-electron chi connectivity index (χ4n) is 8.72. The van der Waals surface area contributed by atoms with Crippen molar-refractivity contribution in [3.8, 4) is 16.8 Å². The van der Waals surface area contributed by atoms with Gasteiger partial charge in [0.05, 0.1) is 34.1 Å². The van der Waals surface area contributed by atoms with Crippen LogP contribution in [0, 0.1) is 0 Å². The molecule has 3 aromatic heterocycles. The lowest BCUT2D eigenvalue weighted by atomic mass is 10.0. The summed E-state index contributed by atoms with van der Waals surface area (Å²) < 4.78 is 4.84. The lowest BCUT2D eigenvalue weighted by Gasteiger charge is -2.13. The summed E-state index contributed by atoms with van der Waals surface area (Å²) >= 11 is 0. The van der Waals surface area contributed by atoms with Gasteiger partial charge >= 0.3 is 0 Å². The molecule has 0 radical (unpaired) electrons. The Balaban J connectivity index is 1.05. The Morgan fingerprint density at radius 2 is 1.05 bits per heavy atom. The Morgan fingerprint density at radius 1 is 0.424 bits per heavy atom. The van der Waals surface area contributed by atoms with E-state index >= 15 is 0 Å². The Morgan fingerprint density at radius 3 is 1.85 bits per heavy atom. The van der Waals surface area contributed by atoms with E-state index in [2.05, 4.69) is 166 Å². The predicted octanol–water partition coefficient (Wildman–Crippen LogP) is 13.3. The molecule has 0 saturated heterocycles. The van der Waals surface area contributed by atoms with E-state index in [-0.39, 0.29) is 0 Å². The van der Waals surface area contributed by atoms with E-state index in [1.165, 1.54) is 54.4 Å². The molecule has 0 bridgehead atoms. The first-order chi connectivity index (χ1) is 29.2. The van der Waals surface area contributed by atoms with Crippen LogP contribution >= 0.6 is 0 Å². The summed E-state index contributed by atoms with van der Waals surface area (Å²) in [6.45, 7) is 4.45. The van der Waals surface area contributed by atoms with Gasteiger partial charge in [-0.3, -0.25) is 4.99 Å². The molecular weight excluding hydrogens is 719 g/mol. The van der Waals surface area contributed by atoms with Crippen LogP contribution in [0.5, 0.6) is 0 Å². The summed E-state index contributed by atoms with van der Waals surface area (Å²) in [6.07, 6.45) is 0. The molecular formula is C54H37N5. The van der Waals surface area contributed by atoms with Crippen LogP contribution in [-0.4, -0.2) is 27.4 Å². The van der Waals surface area contributed by atoms with Gasteiger partial charge in [0.15, 0.2) is 11.7 Å². The number of pyridine rings is 1. The third kappa shape index (κ3) is 5.91. The molecule has 0 aliphatic rings. The van der Waals surface area contributed by atoms with Crippen molar-refractivity contribution < 1.29 is 0 Å². The summed E-state index contributed by atoms with van der Waals surface area (Å²) in [5, 5.41) is 7.40. The van der Waals surface area contributed by atoms with Gasteiger partial charge in [-0.05, 0) is 83.4 Å². The van der Waals surface area contributed by atoms with Crippen molar-refractivity contribution in [2.24, 2.45) is 15.0 Å². The van der Waals surface area contributed by atoms with E-state index in [1.807, 2.05) is 54.6 Å². The van der Waals surface area contributed by atoms with Crippen molar-refractivity contribution in [2.45, 2.75) is 6.54 Å². The number of benzene rings is 8. The van der Waals surface area contributed by atoms with Gasteiger partial charge in [-0.15, -0.1) is 0 Å². The first-order valence-electron chi connectivity index (χ1n) is 19.9. The third-order valence-electron chi connectivity index (χ3n) is 11.4. The molecule has 278 valence electrons. The van der Waals surface area contributed by atoms with Crippen molar-refractivity contribution in [1.29, 1.82) is 0 Å². The molecule has 11 aromatic rings. The number of rotatable bonds is 6. The lowest BCUT2D eigenvalue weighted by Crippen LogP contribution is -2.05. The quantitative estimate of drug-likeness (QED) is 0.0922. The summed E-state index contributed by atoms with van der Waals surface area (Å²) in [5.74, 6) is 1.13. The zero-order chi connectivity index (χ0) is 39.3.